The number of nitrogens with zero attached hydrogens (tertiary/aromatic N) is 1. The molecule has 6 nitrogen and oxygen atoms in total. The summed E-state index contributed by atoms with van der Waals surface area (Å²) >= 11 is 0. The fourth-order valence-electron chi connectivity index (χ4n) is 3.68. The Labute approximate surface area is 161 Å². The minimum atomic E-state index is -0.0396. The van der Waals surface area contributed by atoms with E-state index in [1.165, 1.54) is 0 Å². The molecule has 6 heteroatoms. The Bertz CT molecular complexity index is 758. The molecule has 3 rings (SSSR count). The molecule has 0 aromatic heterocycles. The summed E-state index contributed by atoms with van der Waals surface area (Å²) in [6.07, 6.45) is 0. The highest BCUT2D eigenvalue weighted by Gasteiger charge is 2.30. The molecule has 0 spiro atoms. The van der Waals surface area contributed by atoms with Crippen LogP contribution in [0.25, 0.3) is 0 Å². The van der Waals surface area contributed by atoms with Gasteiger partial charge < -0.3 is 24.3 Å². The molecule has 1 saturated heterocycles. The molecular formula is C21H28N2O4. The topological polar surface area (TPSA) is 52.2 Å². The molecule has 1 aliphatic rings. The molecule has 1 atom stereocenters. The highest BCUT2D eigenvalue weighted by molar-refractivity contribution is 5.54. The van der Waals surface area contributed by atoms with Gasteiger partial charge in [0.15, 0.2) is 11.5 Å². The zero-order valence-corrected chi connectivity index (χ0v) is 16.5. The summed E-state index contributed by atoms with van der Waals surface area (Å²) in [5, 5.41) is 3.42. The van der Waals surface area contributed by atoms with Crippen LogP contribution in [-0.2, 0) is 0 Å². The van der Waals surface area contributed by atoms with Gasteiger partial charge in [-0.1, -0.05) is 12.1 Å². The Hall–Kier alpha value is -2.44. The summed E-state index contributed by atoms with van der Waals surface area (Å²) in [6, 6.07) is 11.9. The van der Waals surface area contributed by atoms with Gasteiger partial charge in [-0.25, -0.2) is 0 Å². The van der Waals surface area contributed by atoms with Gasteiger partial charge in [-0.15, -0.1) is 0 Å². The van der Waals surface area contributed by atoms with Crippen LogP contribution in [0, 0.1) is 0 Å². The van der Waals surface area contributed by atoms with E-state index in [1.807, 2.05) is 30.3 Å². The fraction of sp³-hybridized carbons (Fsp3) is 0.429. The molecule has 0 aliphatic carbocycles. The average molecular weight is 372 g/mol. The first kappa shape index (κ1) is 19.3. The minimum Gasteiger partial charge on any atom is -0.497 e. The lowest BCUT2D eigenvalue weighted by atomic mass is 9.94. The van der Waals surface area contributed by atoms with E-state index < -0.39 is 0 Å². The lowest BCUT2D eigenvalue weighted by Gasteiger charge is -2.36. The molecule has 2 aromatic rings. The molecule has 2 aromatic carbocycles. The normalized spacial score (nSPS) is 15.9. The Morgan fingerprint density at radius 2 is 1.56 bits per heavy atom. The van der Waals surface area contributed by atoms with Crippen LogP contribution in [0.3, 0.4) is 0 Å². The molecule has 1 heterocycles. The first-order valence-corrected chi connectivity index (χ1v) is 9.11. The fourth-order valence-corrected chi connectivity index (χ4v) is 3.68. The van der Waals surface area contributed by atoms with Crippen molar-refractivity contribution in [3.63, 3.8) is 0 Å². The molecule has 1 fully saturated rings. The van der Waals surface area contributed by atoms with Gasteiger partial charge in [-0.2, -0.15) is 0 Å². The maximum absolute atomic E-state index is 5.75. The van der Waals surface area contributed by atoms with Crippen molar-refractivity contribution in [2.75, 3.05) is 54.6 Å². The molecule has 0 saturated carbocycles. The maximum atomic E-state index is 5.75. The van der Waals surface area contributed by atoms with E-state index in [4.69, 9.17) is 18.9 Å². The second kappa shape index (κ2) is 8.97. The third kappa shape index (κ3) is 3.96. The van der Waals surface area contributed by atoms with Gasteiger partial charge in [0, 0.05) is 37.3 Å². The number of ether oxygens (including phenoxy) is 4. The number of hydrogen-bond donors (Lipinski definition) is 1. The number of benzene rings is 2. The third-order valence-electron chi connectivity index (χ3n) is 4.98. The summed E-state index contributed by atoms with van der Waals surface area (Å²) < 4.78 is 22.5. The summed E-state index contributed by atoms with van der Waals surface area (Å²) in [5.41, 5.74) is 2.09. The third-order valence-corrected chi connectivity index (χ3v) is 4.98. The van der Waals surface area contributed by atoms with Crippen molar-refractivity contribution in [1.82, 2.24) is 10.2 Å². The molecule has 0 radical (unpaired) electrons. The Balaban J connectivity index is 2.19. The number of nitrogens with one attached hydrogen (secondary N) is 1. The van der Waals surface area contributed by atoms with Crippen molar-refractivity contribution < 1.29 is 18.9 Å². The van der Waals surface area contributed by atoms with E-state index >= 15 is 0 Å². The van der Waals surface area contributed by atoms with Crippen LogP contribution < -0.4 is 24.3 Å². The van der Waals surface area contributed by atoms with Crippen LogP contribution >= 0.6 is 0 Å². The number of hydrogen-bond acceptors (Lipinski definition) is 6. The van der Waals surface area contributed by atoms with Crippen molar-refractivity contribution in [1.29, 1.82) is 0 Å². The zero-order valence-electron chi connectivity index (χ0n) is 16.5. The lowest BCUT2D eigenvalue weighted by Crippen LogP contribution is -2.45. The molecule has 146 valence electrons. The smallest absolute Gasteiger partial charge is 0.165 e. The zero-order chi connectivity index (χ0) is 19.2. The van der Waals surface area contributed by atoms with E-state index in [-0.39, 0.29) is 6.04 Å². The van der Waals surface area contributed by atoms with E-state index in [2.05, 4.69) is 16.3 Å². The van der Waals surface area contributed by atoms with Crippen LogP contribution in [0.15, 0.2) is 36.4 Å². The predicted molar refractivity (Wildman–Crippen MR) is 105 cm³/mol. The average Bonchev–Trinajstić information content (AvgIpc) is 2.74. The Morgan fingerprint density at radius 3 is 2.19 bits per heavy atom. The standard InChI is InChI=1S/C21H28N2O4/c1-24-15-8-9-18(25-2)17(14-15)20(23-12-10-22-11-13-23)16-6-5-7-19(26-3)21(16)27-4/h5-9,14,20,22H,10-13H2,1-4H3. The van der Waals surface area contributed by atoms with Crippen LogP contribution in [0.1, 0.15) is 17.2 Å². The van der Waals surface area contributed by atoms with Crippen molar-refractivity contribution in [3.05, 3.63) is 47.5 Å². The van der Waals surface area contributed by atoms with Crippen molar-refractivity contribution in [3.8, 4) is 23.0 Å². The van der Waals surface area contributed by atoms with Gasteiger partial charge in [0.25, 0.3) is 0 Å². The summed E-state index contributed by atoms with van der Waals surface area (Å²) in [6.45, 7) is 3.72. The van der Waals surface area contributed by atoms with Gasteiger partial charge in [0.2, 0.25) is 0 Å². The van der Waals surface area contributed by atoms with Crippen molar-refractivity contribution in [2.24, 2.45) is 0 Å². The SMILES string of the molecule is COc1ccc(OC)c(C(c2cccc(OC)c2OC)N2CCNCC2)c1. The number of rotatable bonds is 7. The first-order chi connectivity index (χ1) is 13.2. The van der Waals surface area contributed by atoms with Crippen LogP contribution in [-0.4, -0.2) is 59.5 Å². The largest absolute Gasteiger partial charge is 0.497 e. The highest BCUT2D eigenvalue weighted by Crippen LogP contribution is 2.43. The highest BCUT2D eigenvalue weighted by atomic mass is 16.5. The van der Waals surface area contributed by atoms with Crippen molar-refractivity contribution >= 4 is 0 Å². The predicted octanol–water partition coefficient (Wildman–Crippen LogP) is 2.72. The molecule has 0 amide bonds. The second-order valence-electron chi connectivity index (χ2n) is 6.38. The molecular weight excluding hydrogens is 344 g/mol. The maximum Gasteiger partial charge on any atom is 0.165 e. The van der Waals surface area contributed by atoms with Gasteiger partial charge in [0.1, 0.15) is 11.5 Å². The summed E-state index contributed by atoms with van der Waals surface area (Å²) in [7, 11) is 6.72. The van der Waals surface area contributed by atoms with Crippen LogP contribution in [0.5, 0.6) is 23.0 Å². The monoisotopic (exact) mass is 372 g/mol. The van der Waals surface area contributed by atoms with Gasteiger partial charge in [-0.05, 0) is 24.3 Å². The van der Waals surface area contributed by atoms with Crippen LogP contribution in [0.2, 0.25) is 0 Å². The van der Waals surface area contributed by atoms with Crippen molar-refractivity contribution in [2.45, 2.75) is 6.04 Å². The van der Waals surface area contributed by atoms with Gasteiger partial charge >= 0.3 is 0 Å². The van der Waals surface area contributed by atoms with E-state index in [1.54, 1.807) is 28.4 Å². The van der Waals surface area contributed by atoms with E-state index in [9.17, 15) is 0 Å². The number of para-hydroxylation sites is 1. The van der Waals surface area contributed by atoms with Gasteiger partial charge in [0.05, 0.1) is 34.5 Å². The number of methoxy groups -OCH3 is 4. The summed E-state index contributed by atoms with van der Waals surface area (Å²) in [4.78, 5) is 2.44. The van der Waals surface area contributed by atoms with Gasteiger partial charge in [-0.3, -0.25) is 4.90 Å². The summed E-state index contributed by atoms with van der Waals surface area (Å²) in [5.74, 6) is 3.09. The minimum absolute atomic E-state index is 0.0396. The molecule has 1 unspecified atom stereocenters. The Kier molecular flexibility index (Phi) is 6.42. The lowest BCUT2D eigenvalue weighted by molar-refractivity contribution is 0.191. The molecule has 0 bridgehead atoms. The second-order valence-corrected chi connectivity index (χ2v) is 6.38. The Morgan fingerprint density at radius 1 is 0.815 bits per heavy atom. The van der Waals surface area contributed by atoms with E-state index in [0.29, 0.717) is 0 Å². The molecule has 1 aliphatic heterocycles. The quantitative estimate of drug-likeness (QED) is 0.807. The van der Waals surface area contributed by atoms with E-state index in [0.717, 1.165) is 60.3 Å². The van der Waals surface area contributed by atoms with Crippen LogP contribution in [0.4, 0.5) is 0 Å². The molecule has 1 N–H and O–H groups in total. The first-order valence-electron chi connectivity index (χ1n) is 9.11. The number of piperazine rings is 1. The molecule has 27 heavy (non-hydrogen) atoms.